The van der Waals surface area contributed by atoms with Gasteiger partial charge in [-0.05, 0) is 32.0 Å². The lowest BCUT2D eigenvalue weighted by atomic mass is 10.2. The van der Waals surface area contributed by atoms with Gasteiger partial charge in [0.2, 0.25) is 16.0 Å². The molecule has 0 N–H and O–H groups in total. The Kier molecular flexibility index (Phi) is 5.49. The van der Waals surface area contributed by atoms with E-state index >= 15 is 0 Å². The number of ether oxygens (including phenoxy) is 2. The summed E-state index contributed by atoms with van der Waals surface area (Å²) in [5.41, 5.74) is 0.386. The van der Waals surface area contributed by atoms with E-state index < -0.39 is 10.0 Å². The topological polar surface area (TPSA) is 94.0 Å². The predicted octanol–water partition coefficient (Wildman–Crippen LogP) is 2.26. The first kappa shape index (κ1) is 21.7. The van der Waals surface area contributed by atoms with Crippen LogP contribution in [0.4, 0.5) is 5.95 Å². The first-order valence-electron chi connectivity index (χ1n) is 11.0. The van der Waals surface area contributed by atoms with Crippen molar-refractivity contribution >= 4 is 26.9 Å². The second kappa shape index (κ2) is 8.35. The van der Waals surface area contributed by atoms with Crippen LogP contribution in [0, 0.1) is 0 Å². The summed E-state index contributed by atoms with van der Waals surface area (Å²) < 4.78 is 40.4. The van der Waals surface area contributed by atoms with E-state index in [1.165, 1.54) is 4.31 Å². The van der Waals surface area contributed by atoms with Crippen LogP contribution < -0.4 is 19.9 Å². The Labute approximate surface area is 192 Å². The zero-order chi connectivity index (χ0) is 23.2. The Balaban J connectivity index is 1.49. The number of hydrogen-bond acceptors (Lipinski definition) is 7. The summed E-state index contributed by atoms with van der Waals surface area (Å²) in [6, 6.07) is 11.8. The largest absolute Gasteiger partial charge is 0.486 e. The van der Waals surface area contributed by atoms with Gasteiger partial charge in [0.05, 0.1) is 15.8 Å². The molecule has 3 aromatic rings. The first-order chi connectivity index (χ1) is 15.9. The van der Waals surface area contributed by atoms with Crippen molar-refractivity contribution in [2.45, 2.75) is 24.8 Å². The Hall–Kier alpha value is -3.11. The Bertz CT molecular complexity index is 1350. The molecule has 2 aromatic carbocycles. The highest BCUT2D eigenvalue weighted by Gasteiger charge is 2.30. The Morgan fingerprint density at radius 1 is 0.939 bits per heavy atom. The van der Waals surface area contributed by atoms with E-state index in [9.17, 15) is 13.2 Å². The Morgan fingerprint density at radius 2 is 1.58 bits per heavy atom. The number of nitrogens with zero attached hydrogens (tertiary/aromatic N) is 4. The van der Waals surface area contributed by atoms with Gasteiger partial charge in [-0.2, -0.15) is 4.31 Å². The molecule has 1 saturated heterocycles. The van der Waals surface area contributed by atoms with Crippen molar-refractivity contribution in [2.24, 2.45) is 0 Å². The fourth-order valence-electron chi connectivity index (χ4n) is 4.28. The maximum absolute atomic E-state index is 13.4. The lowest BCUT2D eigenvalue weighted by molar-refractivity contribution is 0.172. The summed E-state index contributed by atoms with van der Waals surface area (Å²) in [7, 11) is -3.56. The van der Waals surface area contributed by atoms with Gasteiger partial charge in [-0.25, -0.2) is 13.4 Å². The van der Waals surface area contributed by atoms with E-state index in [2.05, 4.69) is 0 Å². The molecule has 3 heterocycles. The lowest BCUT2D eigenvalue weighted by Gasteiger charge is -2.36. The van der Waals surface area contributed by atoms with Gasteiger partial charge in [0, 0.05) is 38.3 Å². The lowest BCUT2D eigenvalue weighted by Crippen LogP contribution is -2.50. The third-order valence-corrected chi connectivity index (χ3v) is 7.88. The molecule has 0 saturated carbocycles. The molecule has 2 aliphatic rings. The van der Waals surface area contributed by atoms with E-state index in [4.69, 9.17) is 14.5 Å². The van der Waals surface area contributed by atoms with Crippen molar-refractivity contribution in [2.75, 3.05) is 44.3 Å². The maximum atomic E-state index is 13.4. The molecule has 0 spiro atoms. The van der Waals surface area contributed by atoms with E-state index in [1.807, 2.05) is 18.7 Å². The van der Waals surface area contributed by atoms with Crippen LogP contribution >= 0.6 is 0 Å². The molecule has 0 amide bonds. The highest BCUT2D eigenvalue weighted by molar-refractivity contribution is 7.89. The highest BCUT2D eigenvalue weighted by atomic mass is 32.2. The Morgan fingerprint density at radius 3 is 2.21 bits per heavy atom. The maximum Gasteiger partial charge on any atom is 0.263 e. The van der Waals surface area contributed by atoms with Gasteiger partial charge in [-0.3, -0.25) is 9.36 Å². The van der Waals surface area contributed by atoms with Crippen molar-refractivity contribution in [3.8, 4) is 11.5 Å². The van der Waals surface area contributed by atoms with Crippen LogP contribution in [0.25, 0.3) is 10.9 Å². The summed E-state index contributed by atoms with van der Waals surface area (Å²) in [5, 5.41) is 0.474. The summed E-state index contributed by atoms with van der Waals surface area (Å²) in [6.07, 6.45) is 0. The predicted molar refractivity (Wildman–Crippen MR) is 125 cm³/mol. The van der Waals surface area contributed by atoms with E-state index in [0.29, 0.717) is 67.7 Å². The van der Waals surface area contributed by atoms with Crippen LogP contribution in [0.5, 0.6) is 11.5 Å². The molecule has 0 unspecified atom stereocenters. The van der Waals surface area contributed by atoms with Crippen molar-refractivity contribution in [1.82, 2.24) is 13.9 Å². The molecule has 0 atom stereocenters. The van der Waals surface area contributed by atoms with Crippen molar-refractivity contribution in [1.29, 1.82) is 0 Å². The molecule has 0 radical (unpaired) electrons. The quantitative estimate of drug-likeness (QED) is 0.577. The minimum Gasteiger partial charge on any atom is -0.486 e. The average molecular weight is 471 g/mol. The molecule has 0 bridgehead atoms. The van der Waals surface area contributed by atoms with Gasteiger partial charge in [-0.1, -0.05) is 18.2 Å². The van der Waals surface area contributed by atoms with E-state index in [1.54, 1.807) is 47.0 Å². The third-order valence-electron chi connectivity index (χ3n) is 5.96. The molecule has 5 rings (SSSR count). The van der Waals surface area contributed by atoms with E-state index in [0.717, 1.165) is 0 Å². The van der Waals surface area contributed by atoms with Gasteiger partial charge >= 0.3 is 0 Å². The number of sulfonamides is 1. The molecular formula is C23H26N4O5S. The molecule has 9 nitrogen and oxygen atoms in total. The SMILES string of the molecule is CC(C)n1c(N2CCN(S(=O)(=O)c3ccccc3)CC2)nc2cc3c(cc2c1=O)OCCO3. The smallest absolute Gasteiger partial charge is 0.263 e. The monoisotopic (exact) mass is 470 g/mol. The zero-order valence-corrected chi connectivity index (χ0v) is 19.4. The zero-order valence-electron chi connectivity index (χ0n) is 18.6. The molecule has 2 aliphatic heterocycles. The number of benzene rings is 2. The van der Waals surface area contributed by atoms with Gasteiger partial charge in [0.15, 0.2) is 11.5 Å². The number of rotatable bonds is 4. The molecular weight excluding hydrogens is 444 g/mol. The van der Waals surface area contributed by atoms with Crippen molar-refractivity contribution in [3.63, 3.8) is 0 Å². The van der Waals surface area contributed by atoms with Gasteiger partial charge in [-0.15, -0.1) is 0 Å². The standard InChI is InChI=1S/C23H26N4O5S/c1-16(2)27-22(28)18-14-20-21(32-13-12-31-20)15-19(18)24-23(27)25-8-10-26(11-9-25)33(29,30)17-6-4-3-5-7-17/h3-7,14-16H,8-13H2,1-2H3. The van der Waals surface area contributed by atoms with Crippen LogP contribution in [-0.4, -0.2) is 61.7 Å². The fourth-order valence-corrected chi connectivity index (χ4v) is 5.73. The second-order valence-electron chi connectivity index (χ2n) is 8.40. The minimum absolute atomic E-state index is 0.122. The van der Waals surface area contributed by atoms with Crippen LogP contribution in [0.1, 0.15) is 19.9 Å². The summed E-state index contributed by atoms with van der Waals surface area (Å²) in [5.74, 6) is 1.67. The van der Waals surface area contributed by atoms with Crippen LogP contribution in [0.3, 0.4) is 0 Å². The second-order valence-corrected chi connectivity index (χ2v) is 10.3. The summed E-state index contributed by atoms with van der Waals surface area (Å²) in [6.45, 7) is 6.25. The van der Waals surface area contributed by atoms with Gasteiger partial charge in [0.25, 0.3) is 5.56 Å². The minimum atomic E-state index is -3.56. The number of piperazine rings is 1. The van der Waals surface area contributed by atoms with Crippen LogP contribution in [0.15, 0.2) is 52.2 Å². The van der Waals surface area contributed by atoms with E-state index in [-0.39, 0.29) is 16.5 Å². The average Bonchev–Trinajstić information content (AvgIpc) is 2.83. The number of fused-ring (bicyclic) bond motifs is 2. The third kappa shape index (κ3) is 3.83. The van der Waals surface area contributed by atoms with Crippen LogP contribution in [0.2, 0.25) is 0 Å². The fraction of sp³-hybridized carbons (Fsp3) is 0.391. The van der Waals surface area contributed by atoms with Crippen molar-refractivity contribution in [3.05, 3.63) is 52.8 Å². The van der Waals surface area contributed by atoms with Crippen molar-refractivity contribution < 1.29 is 17.9 Å². The molecule has 174 valence electrons. The molecule has 1 fully saturated rings. The summed E-state index contributed by atoms with van der Waals surface area (Å²) >= 11 is 0. The number of aromatic nitrogens is 2. The molecule has 33 heavy (non-hydrogen) atoms. The molecule has 1 aromatic heterocycles. The molecule has 0 aliphatic carbocycles. The van der Waals surface area contributed by atoms with Gasteiger partial charge < -0.3 is 14.4 Å². The molecule has 10 heteroatoms. The normalized spacial score (nSPS) is 17.0. The number of anilines is 1. The highest BCUT2D eigenvalue weighted by Crippen LogP contribution is 2.34. The summed E-state index contributed by atoms with van der Waals surface area (Å²) in [4.78, 5) is 20.5. The number of hydrogen-bond donors (Lipinski definition) is 0. The first-order valence-corrected chi connectivity index (χ1v) is 12.5. The van der Waals surface area contributed by atoms with Crippen LogP contribution in [-0.2, 0) is 10.0 Å². The van der Waals surface area contributed by atoms with Gasteiger partial charge in [0.1, 0.15) is 13.2 Å².